The largest absolute Gasteiger partial charge is 0.196 e. The molecule has 138 valence electrons. The van der Waals surface area contributed by atoms with E-state index >= 15 is 0 Å². The van der Waals surface area contributed by atoms with Gasteiger partial charge >= 0.3 is 41.9 Å². The number of hydrogen-bond acceptors (Lipinski definition) is 1. The maximum Gasteiger partial charge on any atom is -0.00957 e. The zero-order valence-corrected chi connectivity index (χ0v) is 21.5. The fraction of sp³-hybridized carbons (Fsp3) is 0.250. The fourth-order valence-electron chi connectivity index (χ4n) is 2.93. The number of fused-ring (bicyclic) bond motifs is 1. The Morgan fingerprint density at radius 2 is 1.48 bits per heavy atom. The number of aryl methyl sites for hydroxylation is 2. The first-order valence-electron chi connectivity index (χ1n) is 9.21. The Morgan fingerprint density at radius 1 is 0.889 bits per heavy atom. The molecule has 0 saturated carbocycles. The Kier molecular flexibility index (Phi) is 8.66. The summed E-state index contributed by atoms with van der Waals surface area (Å²) in [5.74, 6) is 0. The van der Waals surface area contributed by atoms with Crippen molar-refractivity contribution in [3.63, 3.8) is 0 Å². The van der Waals surface area contributed by atoms with Crippen molar-refractivity contribution in [2.24, 2.45) is 0 Å². The van der Waals surface area contributed by atoms with Gasteiger partial charge in [-0.2, -0.15) is 39.7 Å². The van der Waals surface area contributed by atoms with E-state index in [-0.39, 0.29) is 5.43 Å². The van der Waals surface area contributed by atoms with Crippen molar-refractivity contribution in [3.05, 3.63) is 82.2 Å². The Balaban J connectivity index is 0.000000174. The van der Waals surface area contributed by atoms with Gasteiger partial charge in [-0.05, 0) is 10.3 Å². The summed E-state index contributed by atoms with van der Waals surface area (Å²) in [5.41, 5.74) is 7.31. The molecular formula is C24H28SSiZr. The van der Waals surface area contributed by atoms with Crippen molar-refractivity contribution in [1.82, 2.24) is 0 Å². The van der Waals surface area contributed by atoms with Crippen molar-refractivity contribution in [2.45, 2.75) is 40.8 Å². The van der Waals surface area contributed by atoms with Crippen molar-refractivity contribution in [1.29, 1.82) is 0 Å². The second-order valence-electron chi connectivity index (χ2n) is 7.07. The van der Waals surface area contributed by atoms with E-state index in [1.54, 1.807) is 34.7 Å². The molecule has 0 saturated heterocycles. The van der Waals surface area contributed by atoms with E-state index in [0.29, 0.717) is 0 Å². The Bertz CT molecular complexity index is 976. The predicted octanol–water partition coefficient (Wildman–Crippen LogP) is 7.71. The van der Waals surface area contributed by atoms with Crippen LogP contribution in [-0.2, 0) is 23.3 Å². The van der Waals surface area contributed by atoms with Crippen LogP contribution in [0.2, 0.25) is 13.1 Å². The topological polar surface area (TPSA) is 0 Å². The molecule has 0 aliphatic heterocycles. The van der Waals surface area contributed by atoms with Gasteiger partial charge in [0.25, 0.3) is 0 Å². The molecule has 1 aromatic heterocycles. The van der Waals surface area contributed by atoms with Crippen molar-refractivity contribution in [2.75, 3.05) is 0 Å². The van der Waals surface area contributed by atoms with Crippen molar-refractivity contribution in [3.8, 4) is 10.4 Å². The second-order valence-corrected chi connectivity index (χ2v) is 17.4. The average Bonchev–Trinajstić information content (AvgIpc) is 3.33. The van der Waals surface area contributed by atoms with Crippen LogP contribution < -0.4 is 0 Å². The summed E-state index contributed by atoms with van der Waals surface area (Å²) in [5, 5.41) is 4.81. The van der Waals surface area contributed by atoms with Crippen LogP contribution in [-0.4, -0.2) is 5.43 Å². The van der Waals surface area contributed by atoms with Crippen LogP contribution in [0.15, 0.2) is 60.0 Å². The summed E-state index contributed by atoms with van der Waals surface area (Å²) in [6, 6.07) is 19.4. The summed E-state index contributed by atoms with van der Waals surface area (Å²) in [7, 11) is 0. The summed E-state index contributed by atoms with van der Waals surface area (Å²) < 4.78 is 0. The first kappa shape index (κ1) is 22.3. The smallest absolute Gasteiger partial charge is 0.00957 e. The number of thiophene rings is 1. The van der Waals surface area contributed by atoms with E-state index in [0.717, 1.165) is 0 Å². The molecule has 4 aromatic rings. The average molecular weight is 468 g/mol. The minimum Gasteiger partial charge on any atom is -0.196 e. The van der Waals surface area contributed by atoms with E-state index in [4.69, 9.17) is 0 Å². The zero-order chi connectivity index (χ0) is 20.0. The maximum absolute atomic E-state index is 2.31. The van der Waals surface area contributed by atoms with Gasteiger partial charge in [0, 0.05) is 0 Å². The normalized spacial score (nSPS) is 10.1. The summed E-state index contributed by atoms with van der Waals surface area (Å²) in [6.07, 6.45) is 0. The van der Waals surface area contributed by atoms with Gasteiger partial charge in [0.1, 0.15) is 0 Å². The minimum absolute atomic E-state index is 0.210. The quantitative estimate of drug-likeness (QED) is 0.199. The Morgan fingerprint density at radius 3 is 1.96 bits per heavy atom. The zero-order valence-electron chi connectivity index (χ0n) is 17.2. The van der Waals surface area contributed by atoms with Crippen LogP contribution in [0.5, 0.6) is 0 Å². The number of rotatable bonds is 1. The van der Waals surface area contributed by atoms with Gasteiger partial charge in [-0.25, -0.2) is 0 Å². The molecule has 0 nitrogen and oxygen atoms in total. The van der Waals surface area contributed by atoms with Crippen LogP contribution in [0.25, 0.3) is 21.2 Å². The van der Waals surface area contributed by atoms with Crippen LogP contribution in [0.3, 0.4) is 0 Å². The molecule has 0 amide bonds. The van der Waals surface area contributed by atoms with E-state index in [9.17, 15) is 0 Å². The number of hydrogen-bond donors (Lipinski definition) is 0. The van der Waals surface area contributed by atoms with E-state index in [1.165, 1.54) is 43.5 Å². The maximum atomic E-state index is 2.31. The Hall–Kier alpha value is -1.02. The van der Waals surface area contributed by atoms with Crippen LogP contribution in [0, 0.1) is 27.7 Å². The van der Waals surface area contributed by atoms with Crippen LogP contribution in [0.1, 0.15) is 22.3 Å². The van der Waals surface area contributed by atoms with Gasteiger partial charge in [0.2, 0.25) is 0 Å². The first-order valence-corrected chi connectivity index (χ1v) is 16.3. The molecule has 3 heteroatoms. The third-order valence-electron chi connectivity index (χ3n) is 4.65. The molecule has 0 aliphatic rings. The van der Waals surface area contributed by atoms with Gasteiger partial charge in [-0.3, -0.25) is 0 Å². The molecule has 1 heterocycles. The summed E-state index contributed by atoms with van der Waals surface area (Å²) >= 11 is 3.53. The summed E-state index contributed by atoms with van der Waals surface area (Å²) in [4.78, 5) is 1.35. The fourth-order valence-corrected chi connectivity index (χ4v) is 3.70. The van der Waals surface area contributed by atoms with Gasteiger partial charge in [-0.1, -0.05) is 45.9 Å². The van der Waals surface area contributed by atoms with Gasteiger partial charge in [-0.15, -0.1) is 46.7 Å². The second kappa shape index (κ2) is 10.5. The molecule has 0 unspecified atom stereocenters. The molecule has 0 radical (unpaired) electrons. The molecule has 0 bridgehead atoms. The molecule has 4 rings (SSSR count). The van der Waals surface area contributed by atoms with E-state index in [1.807, 2.05) is 0 Å². The third kappa shape index (κ3) is 6.24. The molecule has 0 spiro atoms. The van der Waals surface area contributed by atoms with Gasteiger partial charge < -0.3 is 0 Å². The third-order valence-corrected chi connectivity index (χ3v) is 5.55. The Labute approximate surface area is 183 Å². The predicted molar refractivity (Wildman–Crippen MR) is 121 cm³/mol. The minimum atomic E-state index is 0.210. The monoisotopic (exact) mass is 466 g/mol. The van der Waals surface area contributed by atoms with E-state index < -0.39 is 0 Å². The standard InChI is InChI=1S/C13H9S.C9H13.C2H6Si.Zr/c1-2-5-11-10(4-1)7-8-12(11)13-6-3-9-14-13;1-6-5-7(2)9(4)8(6)3;1-3-2;/h1-9H;5H,1-4H3;1-2H3;/q2*-1;;+2. The van der Waals surface area contributed by atoms with Crippen LogP contribution >= 0.6 is 11.3 Å². The molecule has 0 atom stereocenters. The first-order chi connectivity index (χ1) is 12.8. The molecule has 27 heavy (non-hydrogen) atoms. The number of benzene rings is 1. The van der Waals surface area contributed by atoms with Crippen LogP contribution in [0.4, 0.5) is 0 Å². The SMILES string of the molecule is C[Si](C)=[Zr+2].Cc1[cH-]c(C)c(C)c1C.c1csc(-c2c[cH-]c3ccccc23)c1. The van der Waals surface area contributed by atoms with Crippen molar-refractivity contribution >= 4 is 27.5 Å². The van der Waals surface area contributed by atoms with Crippen molar-refractivity contribution < 1.29 is 23.3 Å². The van der Waals surface area contributed by atoms with E-state index in [2.05, 4.69) is 101 Å². The molecule has 0 aliphatic carbocycles. The molecule has 0 N–H and O–H groups in total. The molecule has 0 fully saturated rings. The molecular weight excluding hydrogens is 440 g/mol. The van der Waals surface area contributed by atoms with Gasteiger partial charge in [0.05, 0.1) is 0 Å². The molecule has 3 aromatic carbocycles. The van der Waals surface area contributed by atoms with Gasteiger partial charge in [0.15, 0.2) is 0 Å². The summed E-state index contributed by atoms with van der Waals surface area (Å²) in [6.45, 7) is 13.3.